The summed E-state index contributed by atoms with van der Waals surface area (Å²) in [6.45, 7) is 3.24. The normalized spacial score (nSPS) is 20.9. The fraction of sp³-hybridized carbons (Fsp3) is 0.333. The van der Waals surface area contributed by atoms with Gasteiger partial charge in [-0.05, 0) is 48.7 Å². The van der Waals surface area contributed by atoms with E-state index in [2.05, 4.69) is 5.32 Å². The van der Waals surface area contributed by atoms with Crippen LogP contribution in [-0.2, 0) is 11.2 Å². The van der Waals surface area contributed by atoms with Crippen molar-refractivity contribution >= 4 is 17.8 Å². The van der Waals surface area contributed by atoms with E-state index in [0.29, 0.717) is 26.1 Å². The molecule has 7 heteroatoms. The van der Waals surface area contributed by atoms with Gasteiger partial charge in [-0.15, -0.1) is 0 Å². The molecular formula is C21H22FN3O3. The van der Waals surface area contributed by atoms with Gasteiger partial charge < -0.3 is 15.0 Å². The predicted octanol–water partition coefficient (Wildman–Crippen LogP) is 3.41. The molecule has 2 heterocycles. The van der Waals surface area contributed by atoms with Crippen LogP contribution < -0.4 is 5.32 Å². The average Bonchev–Trinajstić information content (AvgIpc) is 3.19. The molecule has 146 valence electrons. The second-order valence-corrected chi connectivity index (χ2v) is 7.26. The lowest BCUT2D eigenvalue weighted by Gasteiger charge is -2.23. The standard InChI is InChI=1S/C21H22FN3O3/c1-14-3-2-4-17(11-14)23-20(26)24-12-18-19(13-24)28-21(27)25(18)10-9-15-5-7-16(22)8-6-15/h2-8,11,18-19H,9-10,12-13H2,1H3,(H,23,26)/t18-,19+/m0/s1. The van der Waals surface area contributed by atoms with Gasteiger partial charge in [-0.3, -0.25) is 4.90 Å². The number of hydrogen-bond acceptors (Lipinski definition) is 3. The molecule has 2 aliphatic rings. The van der Waals surface area contributed by atoms with Crippen LogP contribution in [0.15, 0.2) is 48.5 Å². The van der Waals surface area contributed by atoms with Crippen molar-refractivity contribution in [1.29, 1.82) is 0 Å². The number of amides is 3. The second-order valence-electron chi connectivity index (χ2n) is 7.26. The molecule has 0 aliphatic carbocycles. The third-order valence-corrected chi connectivity index (χ3v) is 5.24. The van der Waals surface area contributed by atoms with Crippen LogP contribution in [0, 0.1) is 12.7 Å². The summed E-state index contributed by atoms with van der Waals surface area (Å²) in [6.07, 6.45) is -0.0616. The number of halogens is 1. The minimum Gasteiger partial charge on any atom is -0.442 e. The first-order valence-corrected chi connectivity index (χ1v) is 9.34. The van der Waals surface area contributed by atoms with E-state index in [4.69, 9.17) is 4.74 Å². The number of nitrogens with one attached hydrogen (secondary N) is 1. The van der Waals surface area contributed by atoms with Crippen LogP contribution in [-0.4, -0.2) is 53.7 Å². The molecule has 2 aromatic rings. The minimum atomic E-state index is -0.351. The van der Waals surface area contributed by atoms with Crippen LogP contribution in [0.1, 0.15) is 11.1 Å². The number of hydrogen-bond donors (Lipinski definition) is 1. The molecule has 2 aliphatic heterocycles. The van der Waals surface area contributed by atoms with Crippen molar-refractivity contribution in [2.24, 2.45) is 0 Å². The van der Waals surface area contributed by atoms with Crippen LogP contribution in [0.5, 0.6) is 0 Å². The molecule has 0 bridgehead atoms. The van der Waals surface area contributed by atoms with Gasteiger partial charge in [0.05, 0.1) is 12.6 Å². The van der Waals surface area contributed by atoms with E-state index in [0.717, 1.165) is 16.8 Å². The van der Waals surface area contributed by atoms with E-state index >= 15 is 0 Å². The molecule has 1 N–H and O–H groups in total. The van der Waals surface area contributed by atoms with Crippen LogP contribution in [0.2, 0.25) is 0 Å². The maximum atomic E-state index is 13.0. The van der Waals surface area contributed by atoms with Crippen molar-refractivity contribution in [3.8, 4) is 0 Å². The number of urea groups is 1. The maximum Gasteiger partial charge on any atom is 0.410 e. The molecule has 0 radical (unpaired) electrons. The lowest BCUT2D eigenvalue weighted by Crippen LogP contribution is -2.41. The highest BCUT2D eigenvalue weighted by atomic mass is 19.1. The summed E-state index contributed by atoms with van der Waals surface area (Å²) in [6, 6.07) is 13.5. The Balaban J connectivity index is 1.36. The van der Waals surface area contributed by atoms with E-state index in [1.807, 2.05) is 31.2 Å². The number of nitrogens with zero attached hydrogens (tertiary/aromatic N) is 2. The topological polar surface area (TPSA) is 61.9 Å². The SMILES string of the molecule is Cc1cccc(NC(=O)N2C[C@H]3OC(=O)N(CCc4ccc(F)cc4)[C@H]3C2)c1. The molecule has 4 rings (SSSR count). The fourth-order valence-electron chi connectivity index (χ4n) is 3.75. The van der Waals surface area contributed by atoms with Crippen molar-refractivity contribution < 1.29 is 18.7 Å². The number of carbonyl (C=O) groups is 2. The average molecular weight is 383 g/mol. The summed E-state index contributed by atoms with van der Waals surface area (Å²) in [5.74, 6) is -0.282. The largest absolute Gasteiger partial charge is 0.442 e. The van der Waals surface area contributed by atoms with Crippen LogP contribution in [0.25, 0.3) is 0 Å². The third kappa shape index (κ3) is 3.78. The zero-order valence-electron chi connectivity index (χ0n) is 15.6. The Morgan fingerprint density at radius 2 is 2.00 bits per heavy atom. The molecule has 0 unspecified atom stereocenters. The molecule has 2 aromatic carbocycles. The Morgan fingerprint density at radius 3 is 2.75 bits per heavy atom. The number of benzene rings is 2. The van der Waals surface area contributed by atoms with Gasteiger partial charge in [-0.1, -0.05) is 24.3 Å². The first kappa shape index (κ1) is 18.3. The van der Waals surface area contributed by atoms with Crippen molar-refractivity contribution in [3.05, 3.63) is 65.5 Å². The van der Waals surface area contributed by atoms with Crippen LogP contribution in [0.3, 0.4) is 0 Å². The number of rotatable bonds is 4. The molecule has 2 fully saturated rings. The number of carbonyl (C=O) groups excluding carboxylic acids is 2. The quantitative estimate of drug-likeness (QED) is 0.880. The molecule has 0 aromatic heterocycles. The zero-order valence-corrected chi connectivity index (χ0v) is 15.6. The monoisotopic (exact) mass is 383 g/mol. The van der Waals surface area contributed by atoms with Gasteiger partial charge in [0, 0.05) is 18.8 Å². The van der Waals surface area contributed by atoms with Crippen LogP contribution in [0.4, 0.5) is 19.7 Å². The Morgan fingerprint density at radius 1 is 1.21 bits per heavy atom. The molecule has 28 heavy (non-hydrogen) atoms. The van der Waals surface area contributed by atoms with Gasteiger partial charge >= 0.3 is 12.1 Å². The van der Waals surface area contributed by atoms with Crippen molar-refractivity contribution in [3.63, 3.8) is 0 Å². The van der Waals surface area contributed by atoms with Crippen molar-refractivity contribution in [1.82, 2.24) is 9.80 Å². The summed E-state index contributed by atoms with van der Waals surface area (Å²) >= 11 is 0. The van der Waals surface area contributed by atoms with Gasteiger partial charge in [0.25, 0.3) is 0 Å². The van der Waals surface area contributed by atoms with E-state index in [9.17, 15) is 14.0 Å². The molecule has 6 nitrogen and oxygen atoms in total. The van der Waals surface area contributed by atoms with E-state index < -0.39 is 0 Å². The van der Waals surface area contributed by atoms with Gasteiger partial charge in [-0.2, -0.15) is 0 Å². The number of ether oxygens (including phenoxy) is 1. The molecule has 0 spiro atoms. The minimum absolute atomic E-state index is 0.156. The second kappa shape index (κ2) is 7.50. The summed E-state index contributed by atoms with van der Waals surface area (Å²) in [5.41, 5.74) is 2.76. The number of likely N-dealkylation sites (tertiary alicyclic amines) is 1. The lowest BCUT2D eigenvalue weighted by atomic mass is 10.1. The highest BCUT2D eigenvalue weighted by molar-refractivity contribution is 5.90. The fourth-order valence-corrected chi connectivity index (χ4v) is 3.75. The molecule has 2 saturated heterocycles. The highest BCUT2D eigenvalue weighted by Gasteiger charge is 2.48. The van der Waals surface area contributed by atoms with Crippen molar-refractivity contribution in [2.75, 3.05) is 25.0 Å². The van der Waals surface area contributed by atoms with Gasteiger partial charge in [0.1, 0.15) is 11.9 Å². The zero-order chi connectivity index (χ0) is 19.7. The number of fused-ring (bicyclic) bond motifs is 1. The Hall–Kier alpha value is -3.09. The van der Waals surface area contributed by atoms with E-state index in [1.165, 1.54) is 12.1 Å². The smallest absolute Gasteiger partial charge is 0.410 e. The third-order valence-electron chi connectivity index (χ3n) is 5.24. The summed E-state index contributed by atoms with van der Waals surface area (Å²) < 4.78 is 18.5. The summed E-state index contributed by atoms with van der Waals surface area (Å²) in [4.78, 5) is 28.1. The Kier molecular flexibility index (Phi) is 4.90. The highest BCUT2D eigenvalue weighted by Crippen LogP contribution is 2.27. The van der Waals surface area contributed by atoms with E-state index in [-0.39, 0.29) is 30.1 Å². The Labute approximate surface area is 162 Å². The van der Waals surface area contributed by atoms with E-state index in [1.54, 1.807) is 21.9 Å². The molecule has 0 saturated carbocycles. The first-order chi connectivity index (χ1) is 13.5. The summed E-state index contributed by atoms with van der Waals surface area (Å²) in [5, 5.41) is 2.90. The molecular weight excluding hydrogens is 361 g/mol. The summed E-state index contributed by atoms with van der Waals surface area (Å²) in [7, 11) is 0. The van der Waals surface area contributed by atoms with Crippen molar-refractivity contribution in [2.45, 2.75) is 25.5 Å². The lowest BCUT2D eigenvalue weighted by molar-refractivity contribution is 0.124. The Bertz CT molecular complexity index is 887. The number of anilines is 1. The predicted molar refractivity (Wildman–Crippen MR) is 103 cm³/mol. The first-order valence-electron chi connectivity index (χ1n) is 9.34. The number of aryl methyl sites for hydroxylation is 1. The van der Waals surface area contributed by atoms with Crippen LogP contribution >= 0.6 is 0 Å². The van der Waals surface area contributed by atoms with Gasteiger partial charge in [0.2, 0.25) is 0 Å². The van der Waals surface area contributed by atoms with Gasteiger partial charge in [-0.25, -0.2) is 14.0 Å². The molecule has 3 amide bonds. The van der Waals surface area contributed by atoms with Gasteiger partial charge in [0.15, 0.2) is 0 Å². The maximum absolute atomic E-state index is 13.0. The molecule has 2 atom stereocenters.